The Morgan fingerprint density at radius 2 is 1.96 bits per heavy atom. The maximum atomic E-state index is 13.4. The predicted molar refractivity (Wildman–Crippen MR) is 94.7 cm³/mol. The van der Waals surface area contributed by atoms with Crippen molar-refractivity contribution in [2.45, 2.75) is 23.7 Å². The largest absolute Gasteiger partial charge is 0.420 e. The van der Waals surface area contributed by atoms with Gasteiger partial charge in [-0.15, -0.1) is 21.5 Å². The lowest BCUT2D eigenvalue weighted by atomic mass is 10.00. The summed E-state index contributed by atoms with van der Waals surface area (Å²) >= 11 is 1.47. The lowest BCUT2D eigenvalue weighted by Gasteiger charge is -2.30. The molecule has 0 amide bonds. The lowest BCUT2D eigenvalue weighted by molar-refractivity contribution is 0.286. The summed E-state index contributed by atoms with van der Waals surface area (Å²) in [6.07, 6.45) is 1.27. The molecule has 1 aromatic carbocycles. The molecule has 0 N–H and O–H groups in total. The minimum Gasteiger partial charge on any atom is -0.420 e. The average Bonchev–Trinajstić information content (AvgIpc) is 3.32. The van der Waals surface area contributed by atoms with E-state index in [1.807, 2.05) is 17.5 Å². The summed E-state index contributed by atoms with van der Waals surface area (Å²) in [6, 6.07) is 6.02. The number of hydrogen-bond donors (Lipinski definition) is 0. The monoisotopic (exact) mass is 411 g/mol. The predicted octanol–water partition coefficient (Wildman–Crippen LogP) is 3.64. The number of sulfonamides is 1. The normalized spacial score (nSPS) is 18.7. The van der Waals surface area contributed by atoms with Gasteiger partial charge >= 0.3 is 0 Å². The molecule has 0 spiro atoms. The van der Waals surface area contributed by atoms with Gasteiger partial charge in [0.1, 0.15) is 11.6 Å². The highest BCUT2D eigenvalue weighted by molar-refractivity contribution is 7.89. The van der Waals surface area contributed by atoms with Gasteiger partial charge in [0.25, 0.3) is 5.89 Å². The van der Waals surface area contributed by atoms with Crippen LogP contribution in [0.25, 0.3) is 10.8 Å². The fourth-order valence-corrected chi connectivity index (χ4v) is 5.30. The van der Waals surface area contributed by atoms with Crippen molar-refractivity contribution in [3.63, 3.8) is 0 Å². The van der Waals surface area contributed by atoms with Crippen molar-refractivity contribution in [2.75, 3.05) is 13.1 Å². The second-order valence-electron chi connectivity index (χ2n) is 6.23. The molecule has 142 valence electrons. The first-order valence-electron chi connectivity index (χ1n) is 8.27. The summed E-state index contributed by atoms with van der Waals surface area (Å²) in [6.45, 7) is 0.384. The third-order valence-electron chi connectivity index (χ3n) is 4.38. The Labute approximate surface area is 158 Å². The molecule has 2 aromatic heterocycles. The molecule has 1 fully saturated rings. The molecule has 1 atom stereocenters. The SMILES string of the molecule is O=S(=O)(c1cc(F)cc(F)c1)N1CCCC(c2nnc(-c3cccs3)o2)C1. The lowest BCUT2D eigenvalue weighted by Crippen LogP contribution is -2.39. The summed E-state index contributed by atoms with van der Waals surface area (Å²) < 4.78 is 59.4. The fraction of sp³-hybridized carbons (Fsp3) is 0.294. The highest BCUT2D eigenvalue weighted by Gasteiger charge is 2.33. The molecule has 0 radical (unpaired) electrons. The molecule has 10 heteroatoms. The van der Waals surface area contributed by atoms with E-state index >= 15 is 0 Å². The van der Waals surface area contributed by atoms with Gasteiger partial charge in [-0.1, -0.05) is 6.07 Å². The van der Waals surface area contributed by atoms with Crippen molar-refractivity contribution >= 4 is 21.4 Å². The van der Waals surface area contributed by atoms with Crippen LogP contribution < -0.4 is 0 Å². The highest BCUT2D eigenvalue weighted by atomic mass is 32.2. The van der Waals surface area contributed by atoms with Crippen LogP contribution in [0.5, 0.6) is 0 Å². The zero-order chi connectivity index (χ0) is 19.0. The Kier molecular flexibility index (Phi) is 4.79. The van der Waals surface area contributed by atoms with E-state index in [0.29, 0.717) is 30.7 Å². The third kappa shape index (κ3) is 3.64. The number of piperidine rings is 1. The molecule has 0 saturated carbocycles. The van der Waals surface area contributed by atoms with Gasteiger partial charge in [0.2, 0.25) is 15.9 Å². The van der Waals surface area contributed by atoms with Crippen molar-refractivity contribution < 1.29 is 21.6 Å². The molecule has 27 heavy (non-hydrogen) atoms. The van der Waals surface area contributed by atoms with Crippen molar-refractivity contribution in [3.8, 4) is 10.8 Å². The van der Waals surface area contributed by atoms with Gasteiger partial charge in [-0.05, 0) is 36.4 Å². The molecule has 6 nitrogen and oxygen atoms in total. The fourth-order valence-electron chi connectivity index (χ4n) is 3.09. The molecule has 0 aliphatic carbocycles. The number of nitrogens with zero attached hydrogens (tertiary/aromatic N) is 3. The smallest absolute Gasteiger partial charge is 0.257 e. The van der Waals surface area contributed by atoms with Crippen LogP contribution in [0.1, 0.15) is 24.7 Å². The molecule has 3 heterocycles. The summed E-state index contributed by atoms with van der Waals surface area (Å²) in [4.78, 5) is 0.440. The molecule has 3 aromatic rings. The van der Waals surface area contributed by atoms with Gasteiger partial charge in [-0.25, -0.2) is 17.2 Å². The zero-order valence-electron chi connectivity index (χ0n) is 14.0. The minimum atomic E-state index is -4.02. The Balaban J connectivity index is 1.57. The Bertz CT molecular complexity index is 1030. The van der Waals surface area contributed by atoms with E-state index in [1.54, 1.807) is 0 Å². The van der Waals surface area contributed by atoms with Crippen molar-refractivity contribution in [3.05, 3.63) is 53.2 Å². The van der Waals surface area contributed by atoms with Crippen molar-refractivity contribution in [1.29, 1.82) is 0 Å². The molecule has 1 aliphatic rings. The Morgan fingerprint density at radius 3 is 2.67 bits per heavy atom. The number of hydrogen-bond acceptors (Lipinski definition) is 6. The summed E-state index contributed by atoms with van der Waals surface area (Å²) in [7, 11) is -4.02. The van der Waals surface area contributed by atoms with Crippen LogP contribution >= 0.6 is 11.3 Å². The van der Waals surface area contributed by atoms with E-state index in [4.69, 9.17) is 4.42 Å². The second-order valence-corrected chi connectivity index (χ2v) is 9.12. The van der Waals surface area contributed by atoms with Crippen molar-refractivity contribution in [1.82, 2.24) is 14.5 Å². The quantitative estimate of drug-likeness (QED) is 0.655. The van der Waals surface area contributed by atoms with E-state index in [0.717, 1.165) is 17.0 Å². The number of rotatable bonds is 4. The van der Waals surface area contributed by atoms with Gasteiger partial charge in [0, 0.05) is 19.2 Å². The number of thiophene rings is 1. The van der Waals surface area contributed by atoms with Gasteiger partial charge in [0.15, 0.2) is 0 Å². The van der Waals surface area contributed by atoms with Crippen LogP contribution in [0, 0.1) is 11.6 Å². The van der Waals surface area contributed by atoms with Gasteiger partial charge in [-0.3, -0.25) is 0 Å². The zero-order valence-corrected chi connectivity index (χ0v) is 15.6. The third-order valence-corrected chi connectivity index (χ3v) is 7.08. The molecule has 1 aliphatic heterocycles. The molecule has 1 saturated heterocycles. The first-order valence-corrected chi connectivity index (χ1v) is 10.6. The molecular formula is C17H15F2N3O3S2. The first-order chi connectivity index (χ1) is 12.9. The van der Waals surface area contributed by atoms with Crippen LogP contribution in [-0.4, -0.2) is 36.0 Å². The average molecular weight is 411 g/mol. The van der Waals surface area contributed by atoms with Crippen LogP contribution in [0.3, 0.4) is 0 Å². The molecular weight excluding hydrogens is 396 g/mol. The molecule has 0 bridgehead atoms. The van der Waals surface area contributed by atoms with Crippen LogP contribution in [0.2, 0.25) is 0 Å². The topological polar surface area (TPSA) is 76.3 Å². The highest BCUT2D eigenvalue weighted by Crippen LogP contribution is 2.32. The van der Waals surface area contributed by atoms with E-state index in [-0.39, 0.29) is 19.0 Å². The van der Waals surface area contributed by atoms with E-state index in [1.165, 1.54) is 15.6 Å². The number of halogens is 2. The van der Waals surface area contributed by atoms with Gasteiger partial charge < -0.3 is 4.42 Å². The Hall–Kier alpha value is -2.17. The summed E-state index contributed by atoms with van der Waals surface area (Å²) in [5.74, 6) is -1.37. The maximum absolute atomic E-state index is 13.4. The summed E-state index contributed by atoms with van der Waals surface area (Å²) in [5, 5.41) is 9.99. The van der Waals surface area contributed by atoms with Crippen LogP contribution in [0.4, 0.5) is 8.78 Å². The molecule has 4 rings (SSSR count). The van der Waals surface area contributed by atoms with Crippen LogP contribution in [0.15, 0.2) is 45.0 Å². The van der Waals surface area contributed by atoms with E-state index in [9.17, 15) is 17.2 Å². The van der Waals surface area contributed by atoms with E-state index in [2.05, 4.69) is 10.2 Å². The van der Waals surface area contributed by atoms with Crippen molar-refractivity contribution in [2.24, 2.45) is 0 Å². The minimum absolute atomic E-state index is 0.118. The standard InChI is InChI=1S/C17H15F2N3O3S2/c18-12-7-13(19)9-14(8-12)27(23,24)22-5-1-3-11(10-22)16-20-21-17(25-16)15-4-2-6-26-15/h2,4,6-9,11H,1,3,5,10H2. The number of benzene rings is 1. The van der Waals surface area contributed by atoms with E-state index < -0.39 is 26.6 Å². The number of aromatic nitrogens is 2. The van der Waals surface area contributed by atoms with Gasteiger partial charge in [0.05, 0.1) is 15.7 Å². The maximum Gasteiger partial charge on any atom is 0.257 e. The van der Waals surface area contributed by atoms with Crippen LogP contribution in [-0.2, 0) is 10.0 Å². The Morgan fingerprint density at radius 1 is 1.19 bits per heavy atom. The van der Waals surface area contributed by atoms with Gasteiger partial charge in [-0.2, -0.15) is 4.31 Å². The summed E-state index contributed by atoms with van der Waals surface area (Å²) in [5.41, 5.74) is 0. The first kappa shape index (κ1) is 18.2. The second kappa shape index (κ2) is 7.10. The molecule has 1 unspecified atom stereocenters.